The number of benzene rings is 2. The van der Waals surface area contributed by atoms with E-state index in [-0.39, 0.29) is 18.7 Å². The van der Waals surface area contributed by atoms with Gasteiger partial charge in [0.1, 0.15) is 18.0 Å². The van der Waals surface area contributed by atoms with Crippen molar-refractivity contribution >= 4 is 44.2 Å². The standard InChI is InChI=1S/C18H16BrFN4O3/c1-26-15-7-11-14(8-16(15)27-5-4-17(21)25)22-9-23-18(11)24-13-3-2-10(19)6-12(13)20/h2-3,6-9H,4-5H2,1H3,(H2,21,25)(H,22,23,24). The highest BCUT2D eigenvalue weighted by atomic mass is 79.9. The molecule has 1 heterocycles. The van der Waals surface area contributed by atoms with E-state index in [1.54, 1.807) is 24.3 Å². The highest BCUT2D eigenvalue weighted by Gasteiger charge is 2.13. The van der Waals surface area contributed by atoms with Crippen molar-refractivity contribution in [3.63, 3.8) is 0 Å². The normalized spacial score (nSPS) is 10.6. The summed E-state index contributed by atoms with van der Waals surface area (Å²) in [5, 5.41) is 3.59. The first kappa shape index (κ1) is 18.8. The monoisotopic (exact) mass is 434 g/mol. The molecular weight excluding hydrogens is 419 g/mol. The minimum absolute atomic E-state index is 0.0839. The number of hydrogen-bond acceptors (Lipinski definition) is 6. The summed E-state index contributed by atoms with van der Waals surface area (Å²) in [7, 11) is 1.49. The molecule has 3 rings (SSSR count). The van der Waals surface area contributed by atoms with Gasteiger partial charge in [-0.1, -0.05) is 15.9 Å². The second-order valence-electron chi connectivity index (χ2n) is 5.56. The van der Waals surface area contributed by atoms with Gasteiger partial charge in [-0.3, -0.25) is 4.79 Å². The molecule has 0 bridgehead atoms. The van der Waals surface area contributed by atoms with Gasteiger partial charge in [0, 0.05) is 15.9 Å². The second kappa shape index (κ2) is 8.17. The minimum atomic E-state index is -0.458. The van der Waals surface area contributed by atoms with Gasteiger partial charge in [-0.05, 0) is 24.3 Å². The average Bonchev–Trinajstić information content (AvgIpc) is 2.63. The summed E-state index contributed by atoms with van der Waals surface area (Å²) in [5.41, 5.74) is 5.97. The Morgan fingerprint density at radius 3 is 2.78 bits per heavy atom. The number of ether oxygens (including phenoxy) is 2. The van der Waals surface area contributed by atoms with Crippen LogP contribution in [0.4, 0.5) is 15.9 Å². The van der Waals surface area contributed by atoms with Crippen LogP contribution in [0.15, 0.2) is 41.1 Å². The van der Waals surface area contributed by atoms with E-state index in [2.05, 4.69) is 31.2 Å². The van der Waals surface area contributed by atoms with Crippen molar-refractivity contribution in [3.8, 4) is 11.5 Å². The van der Waals surface area contributed by atoms with Crippen molar-refractivity contribution in [2.75, 3.05) is 19.0 Å². The van der Waals surface area contributed by atoms with Gasteiger partial charge in [-0.2, -0.15) is 0 Å². The second-order valence-corrected chi connectivity index (χ2v) is 6.47. The molecule has 27 heavy (non-hydrogen) atoms. The number of primary amides is 1. The maximum Gasteiger partial charge on any atom is 0.220 e. The first-order valence-electron chi connectivity index (χ1n) is 7.94. The predicted molar refractivity (Wildman–Crippen MR) is 103 cm³/mol. The zero-order chi connectivity index (χ0) is 19.4. The Kier molecular flexibility index (Phi) is 5.70. The van der Waals surface area contributed by atoms with E-state index >= 15 is 0 Å². The van der Waals surface area contributed by atoms with Gasteiger partial charge in [0.15, 0.2) is 11.5 Å². The molecule has 7 nitrogen and oxygen atoms in total. The van der Waals surface area contributed by atoms with Crippen LogP contribution in [0.3, 0.4) is 0 Å². The molecule has 0 aliphatic rings. The highest BCUT2D eigenvalue weighted by molar-refractivity contribution is 9.10. The Balaban J connectivity index is 1.96. The molecule has 3 aromatic rings. The van der Waals surface area contributed by atoms with E-state index < -0.39 is 11.7 Å². The van der Waals surface area contributed by atoms with Gasteiger partial charge >= 0.3 is 0 Å². The maximum atomic E-state index is 14.1. The van der Waals surface area contributed by atoms with Gasteiger partial charge in [-0.25, -0.2) is 14.4 Å². The number of hydrogen-bond donors (Lipinski definition) is 2. The van der Waals surface area contributed by atoms with Crippen molar-refractivity contribution in [2.45, 2.75) is 6.42 Å². The topological polar surface area (TPSA) is 99.4 Å². The van der Waals surface area contributed by atoms with E-state index in [0.29, 0.717) is 32.7 Å². The van der Waals surface area contributed by atoms with E-state index in [1.165, 1.54) is 19.5 Å². The molecule has 2 aromatic carbocycles. The van der Waals surface area contributed by atoms with Gasteiger partial charge in [0.2, 0.25) is 5.91 Å². The number of methoxy groups -OCH3 is 1. The number of fused-ring (bicyclic) bond motifs is 1. The molecule has 0 spiro atoms. The molecule has 0 unspecified atom stereocenters. The zero-order valence-electron chi connectivity index (χ0n) is 14.3. The fourth-order valence-electron chi connectivity index (χ4n) is 2.42. The number of rotatable bonds is 7. The van der Waals surface area contributed by atoms with Crippen molar-refractivity contribution in [1.29, 1.82) is 0 Å². The highest BCUT2D eigenvalue weighted by Crippen LogP contribution is 2.35. The number of amides is 1. The number of aromatic nitrogens is 2. The quantitative estimate of drug-likeness (QED) is 0.589. The Morgan fingerprint density at radius 2 is 2.07 bits per heavy atom. The zero-order valence-corrected chi connectivity index (χ0v) is 15.9. The van der Waals surface area contributed by atoms with Crippen molar-refractivity contribution < 1.29 is 18.7 Å². The number of nitrogens with one attached hydrogen (secondary N) is 1. The summed E-state index contributed by atoms with van der Waals surface area (Å²) in [5.74, 6) is 0.393. The number of carbonyl (C=O) groups excluding carboxylic acids is 1. The minimum Gasteiger partial charge on any atom is -0.493 e. The van der Waals surface area contributed by atoms with E-state index in [0.717, 1.165) is 0 Å². The Morgan fingerprint density at radius 1 is 1.26 bits per heavy atom. The van der Waals surface area contributed by atoms with Crippen LogP contribution in [0.5, 0.6) is 11.5 Å². The average molecular weight is 435 g/mol. The molecule has 0 radical (unpaired) electrons. The summed E-state index contributed by atoms with van der Waals surface area (Å²) in [6, 6.07) is 8.04. The molecule has 0 saturated carbocycles. The van der Waals surface area contributed by atoms with Crippen molar-refractivity contribution in [2.24, 2.45) is 5.73 Å². The van der Waals surface area contributed by atoms with Crippen LogP contribution in [0.2, 0.25) is 0 Å². The third-order valence-corrected chi connectivity index (χ3v) is 4.20. The SMILES string of the molecule is COc1cc2c(Nc3ccc(Br)cc3F)ncnc2cc1OCCC(N)=O. The molecule has 1 amide bonds. The Labute approximate surface area is 162 Å². The van der Waals surface area contributed by atoms with Crippen LogP contribution in [-0.2, 0) is 4.79 Å². The molecule has 0 aliphatic carbocycles. The molecule has 3 N–H and O–H groups in total. The van der Waals surface area contributed by atoms with Gasteiger partial charge < -0.3 is 20.5 Å². The van der Waals surface area contributed by atoms with E-state index in [4.69, 9.17) is 15.2 Å². The van der Waals surface area contributed by atoms with Gasteiger partial charge in [-0.15, -0.1) is 0 Å². The van der Waals surface area contributed by atoms with Crippen LogP contribution in [0.1, 0.15) is 6.42 Å². The first-order valence-corrected chi connectivity index (χ1v) is 8.73. The van der Waals surface area contributed by atoms with Gasteiger partial charge in [0.25, 0.3) is 0 Å². The molecule has 1 aromatic heterocycles. The first-order chi connectivity index (χ1) is 13.0. The van der Waals surface area contributed by atoms with E-state index in [1.807, 2.05) is 0 Å². The third kappa shape index (κ3) is 4.43. The number of nitrogens with two attached hydrogens (primary N) is 1. The van der Waals surface area contributed by atoms with Crippen molar-refractivity contribution in [3.05, 3.63) is 46.9 Å². The molecule has 0 fully saturated rings. The van der Waals surface area contributed by atoms with Gasteiger partial charge in [0.05, 0.1) is 31.3 Å². The lowest BCUT2D eigenvalue weighted by Crippen LogP contribution is -2.14. The number of carbonyl (C=O) groups is 1. The summed E-state index contributed by atoms with van der Waals surface area (Å²) >= 11 is 3.23. The van der Waals surface area contributed by atoms with Crippen LogP contribution >= 0.6 is 15.9 Å². The largest absolute Gasteiger partial charge is 0.493 e. The lowest BCUT2D eigenvalue weighted by atomic mass is 10.2. The molecule has 0 saturated heterocycles. The lowest BCUT2D eigenvalue weighted by molar-refractivity contribution is -0.118. The fraction of sp³-hybridized carbons (Fsp3) is 0.167. The molecule has 0 atom stereocenters. The van der Waals surface area contributed by atoms with Crippen LogP contribution in [-0.4, -0.2) is 29.6 Å². The molecule has 0 aliphatic heterocycles. The molecule has 140 valence electrons. The van der Waals surface area contributed by atoms with E-state index in [9.17, 15) is 9.18 Å². The third-order valence-electron chi connectivity index (χ3n) is 3.71. The summed E-state index contributed by atoms with van der Waals surface area (Å²) in [4.78, 5) is 19.3. The Hall–Kier alpha value is -2.94. The smallest absolute Gasteiger partial charge is 0.220 e. The number of anilines is 2. The molecular formula is C18H16BrFN4O3. The fourth-order valence-corrected chi connectivity index (χ4v) is 2.75. The van der Waals surface area contributed by atoms with Crippen molar-refractivity contribution in [1.82, 2.24) is 9.97 Å². The summed E-state index contributed by atoms with van der Waals surface area (Å²) < 4.78 is 25.7. The maximum absolute atomic E-state index is 14.1. The van der Waals surface area contributed by atoms with Crippen LogP contribution in [0, 0.1) is 5.82 Å². The number of nitrogens with zero attached hydrogens (tertiary/aromatic N) is 2. The number of halogens is 2. The predicted octanol–water partition coefficient (Wildman–Crippen LogP) is 3.54. The molecule has 9 heteroatoms. The van der Waals surface area contributed by atoms with Crippen LogP contribution in [0.25, 0.3) is 10.9 Å². The summed E-state index contributed by atoms with van der Waals surface area (Å²) in [6.45, 7) is 0.123. The van der Waals surface area contributed by atoms with Crippen LogP contribution < -0.4 is 20.5 Å². The Bertz CT molecular complexity index is 1000. The summed E-state index contributed by atoms with van der Waals surface area (Å²) in [6.07, 6.45) is 1.45. The lowest BCUT2D eigenvalue weighted by Gasteiger charge is -2.14.